The highest BCUT2D eigenvalue weighted by molar-refractivity contribution is 7.23. The Labute approximate surface area is 346 Å². The van der Waals surface area contributed by atoms with Crippen LogP contribution >= 0.6 is 22.7 Å². The number of nitrogens with zero attached hydrogens (tertiary/aromatic N) is 4. The van der Waals surface area contributed by atoms with Crippen LogP contribution in [0.25, 0.3) is 27.5 Å². The summed E-state index contributed by atoms with van der Waals surface area (Å²) in [6.07, 6.45) is 7.76. The van der Waals surface area contributed by atoms with Gasteiger partial charge in [-0.25, -0.2) is 0 Å². The van der Waals surface area contributed by atoms with Crippen LogP contribution in [-0.4, -0.2) is 26.1 Å². The topological polar surface area (TPSA) is 101 Å². The summed E-state index contributed by atoms with van der Waals surface area (Å²) in [7, 11) is 3.97. The van der Waals surface area contributed by atoms with Crippen LogP contribution in [0.3, 0.4) is 0 Å². The molecule has 0 fully saturated rings. The van der Waals surface area contributed by atoms with Gasteiger partial charge in [-0.1, -0.05) is 114 Å². The maximum absolute atomic E-state index is 15.9. The van der Waals surface area contributed by atoms with Gasteiger partial charge in [-0.05, 0) is 54.3 Å². The summed E-state index contributed by atoms with van der Waals surface area (Å²) in [6.45, 7) is 4.28. The molecule has 11 heteroatoms. The number of rotatable bonds is 15. The molecule has 1 atom stereocenters. The Balaban J connectivity index is 1.60. The Morgan fingerprint density at radius 3 is 2.02 bits per heavy atom. The molecule has 0 saturated carbocycles. The lowest BCUT2D eigenvalue weighted by molar-refractivity contribution is -0.241. The number of carbonyl (C=O) groups is 1. The first-order valence-electron chi connectivity index (χ1n) is 19.7. The zero-order valence-corrected chi connectivity index (χ0v) is 34.8. The summed E-state index contributed by atoms with van der Waals surface area (Å²) in [5.41, 5.74) is -3.01. The van der Waals surface area contributed by atoms with E-state index in [1.165, 1.54) is 41.7 Å². The molecule has 2 aliphatic rings. The number of carbonyl (C=O) groups excluding carboxylic acids is 1. The third kappa shape index (κ3) is 7.64. The molecule has 1 unspecified atom stereocenters. The molecule has 0 spiro atoms. The van der Waals surface area contributed by atoms with Crippen LogP contribution in [0.4, 0.5) is 18.9 Å². The maximum atomic E-state index is 15.9. The second kappa shape index (κ2) is 17.6. The lowest BCUT2D eigenvalue weighted by Gasteiger charge is -2.36. The molecular formula is C47H45F3N4O2S2. The van der Waals surface area contributed by atoms with Crippen LogP contribution in [0.15, 0.2) is 83.6 Å². The molecule has 1 aliphatic carbocycles. The van der Waals surface area contributed by atoms with E-state index in [0.29, 0.717) is 23.3 Å². The fourth-order valence-electron chi connectivity index (χ4n) is 8.13. The van der Waals surface area contributed by atoms with E-state index in [-0.39, 0.29) is 16.2 Å². The molecule has 4 aromatic rings. The van der Waals surface area contributed by atoms with E-state index in [4.69, 9.17) is 4.74 Å². The van der Waals surface area contributed by atoms with Crippen LogP contribution < -0.4 is 4.90 Å². The van der Waals surface area contributed by atoms with E-state index in [1.807, 2.05) is 61.5 Å². The summed E-state index contributed by atoms with van der Waals surface area (Å²) in [4.78, 5) is 19.7. The van der Waals surface area contributed by atoms with Gasteiger partial charge >= 0.3 is 6.18 Å². The number of halogens is 3. The molecule has 0 N–H and O–H groups in total. The average Bonchev–Trinajstić information content (AvgIpc) is 3.95. The number of ether oxygens (including phenoxy) is 1. The first kappa shape index (κ1) is 42.2. The van der Waals surface area contributed by atoms with E-state index in [0.717, 1.165) is 89.3 Å². The first-order chi connectivity index (χ1) is 27.9. The fourth-order valence-corrected chi connectivity index (χ4v) is 10.7. The summed E-state index contributed by atoms with van der Waals surface area (Å²) in [6, 6.07) is 23.8. The predicted molar refractivity (Wildman–Crippen MR) is 227 cm³/mol. The Kier molecular flexibility index (Phi) is 12.8. The number of allylic oxidation sites excluding steroid dienone is 2. The number of alkyl halides is 3. The highest BCUT2D eigenvalue weighted by atomic mass is 32.1. The molecule has 298 valence electrons. The number of thiophene rings is 2. The van der Waals surface area contributed by atoms with Crippen molar-refractivity contribution in [1.82, 2.24) is 0 Å². The van der Waals surface area contributed by atoms with Gasteiger partial charge in [0.15, 0.2) is 17.1 Å². The van der Waals surface area contributed by atoms with E-state index < -0.39 is 39.7 Å². The molecule has 58 heavy (non-hydrogen) atoms. The molecule has 6 nitrogen and oxygen atoms in total. The summed E-state index contributed by atoms with van der Waals surface area (Å²) >= 11 is 2.53. The van der Waals surface area contributed by atoms with Gasteiger partial charge in [0.1, 0.15) is 23.8 Å². The van der Waals surface area contributed by atoms with Gasteiger partial charge in [0.05, 0.1) is 10.3 Å². The second-order valence-electron chi connectivity index (χ2n) is 15.0. The molecular weight excluding hydrogens is 774 g/mol. The standard InChI is InChI=1S/C47H45F3N4O2S2/c1-5-7-9-14-24-45(25-15-10-8-6-2)38-26-35(23-20-31-18-21-34(22-19-31)54(3)4)57-43(38)42-36(44(45)55)27-39(58-42)40-37(30-53)41(32(28-51)29-52)56-46(40,47(48,49)50)33-16-12-11-13-17-33/h11-13,16-23,26-27H,5-10,14-15,24-25H2,1-4H3/b23-20+. The average molecular weight is 819 g/mol. The maximum Gasteiger partial charge on any atom is 0.437 e. The fraction of sp³-hybridized carbons (Fsp3) is 0.362. The van der Waals surface area contributed by atoms with Crippen LogP contribution in [0, 0.1) is 34.0 Å². The number of ketones is 1. The van der Waals surface area contributed by atoms with Gasteiger partial charge in [0, 0.05) is 51.1 Å². The van der Waals surface area contributed by atoms with Crippen molar-refractivity contribution in [3.63, 3.8) is 0 Å². The minimum atomic E-state index is -5.16. The van der Waals surface area contributed by atoms with Gasteiger partial charge in [-0.3, -0.25) is 4.79 Å². The SMILES string of the molecule is CCCCCCC1(CCCCCC)C(=O)c2cc(C3=C(C#N)C(=C(C#N)C#N)OC3(c3ccccc3)C(F)(F)F)sc2-c2sc(/C=C/c3ccc(N(C)C)cc3)cc21. The molecule has 1 aliphatic heterocycles. The minimum Gasteiger partial charge on any atom is -0.464 e. The Hall–Kier alpha value is -5.41. The first-order valence-corrected chi connectivity index (χ1v) is 21.3. The number of unbranched alkanes of at least 4 members (excludes halogenated alkanes) is 6. The van der Waals surface area contributed by atoms with E-state index in [2.05, 4.69) is 19.9 Å². The quantitative estimate of drug-likeness (QED) is 0.0874. The van der Waals surface area contributed by atoms with E-state index in [1.54, 1.807) is 18.2 Å². The number of benzene rings is 2. The molecule has 0 radical (unpaired) electrons. The van der Waals surface area contributed by atoms with Crippen molar-refractivity contribution < 1.29 is 22.7 Å². The predicted octanol–water partition coefficient (Wildman–Crippen LogP) is 13.2. The van der Waals surface area contributed by atoms with Crippen molar-refractivity contribution in [2.75, 3.05) is 19.0 Å². The van der Waals surface area contributed by atoms with Crippen molar-refractivity contribution in [3.05, 3.63) is 116 Å². The van der Waals surface area contributed by atoms with Crippen LogP contribution in [0.5, 0.6) is 0 Å². The highest BCUT2D eigenvalue weighted by Crippen LogP contribution is 2.62. The third-order valence-corrected chi connectivity index (χ3v) is 13.5. The number of hydrogen-bond donors (Lipinski definition) is 0. The van der Waals surface area contributed by atoms with Crippen molar-refractivity contribution in [1.29, 1.82) is 15.8 Å². The van der Waals surface area contributed by atoms with Crippen molar-refractivity contribution in [2.45, 2.75) is 95.2 Å². The minimum absolute atomic E-state index is 0.0199. The molecule has 0 saturated heterocycles. The number of hydrogen-bond acceptors (Lipinski definition) is 8. The van der Waals surface area contributed by atoms with Gasteiger partial charge < -0.3 is 9.64 Å². The molecule has 6 rings (SSSR count). The number of Topliss-reactive ketones (excluding diaryl/α,β-unsaturated/α-hetero) is 1. The Morgan fingerprint density at radius 2 is 1.47 bits per heavy atom. The van der Waals surface area contributed by atoms with Gasteiger partial charge in [0.2, 0.25) is 0 Å². The monoisotopic (exact) mass is 818 g/mol. The largest absolute Gasteiger partial charge is 0.464 e. The van der Waals surface area contributed by atoms with Crippen LogP contribution in [0.1, 0.15) is 115 Å². The van der Waals surface area contributed by atoms with Gasteiger partial charge in [0.25, 0.3) is 5.60 Å². The molecule has 2 aromatic carbocycles. The summed E-state index contributed by atoms with van der Waals surface area (Å²) < 4.78 is 53.4. The molecule has 2 aromatic heterocycles. The smallest absolute Gasteiger partial charge is 0.437 e. The van der Waals surface area contributed by atoms with Gasteiger partial charge in [-0.15, -0.1) is 22.7 Å². The second-order valence-corrected chi connectivity index (χ2v) is 17.2. The Morgan fingerprint density at radius 1 is 0.828 bits per heavy atom. The third-order valence-electron chi connectivity index (χ3n) is 11.1. The van der Waals surface area contributed by atoms with Crippen molar-refractivity contribution in [3.8, 4) is 28.0 Å². The number of nitriles is 3. The van der Waals surface area contributed by atoms with Crippen LogP contribution in [0.2, 0.25) is 0 Å². The van der Waals surface area contributed by atoms with Gasteiger partial charge in [-0.2, -0.15) is 29.0 Å². The number of fused-ring (bicyclic) bond motifs is 3. The summed E-state index contributed by atoms with van der Waals surface area (Å²) in [5.74, 6) is -0.857. The zero-order chi connectivity index (χ0) is 41.7. The molecule has 0 amide bonds. The van der Waals surface area contributed by atoms with E-state index in [9.17, 15) is 15.8 Å². The van der Waals surface area contributed by atoms with Crippen molar-refractivity contribution in [2.24, 2.45) is 0 Å². The highest BCUT2D eigenvalue weighted by Gasteiger charge is 2.66. The van der Waals surface area contributed by atoms with Crippen LogP contribution in [-0.2, 0) is 15.8 Å². The van der Waals surface area contributed by atoms with E-state index >= 15 is 18.0 Å². The zero-order valence-electron chi connectivity index (χ0n) is 33.1. The molecule has 0 bridgehead atoms. The van der Waals surface area contributed by atoms with Crippen molar-refractivity contribution >= 4 is 51.9 Å². The Bertz CT molecular complexity index is 2350. The normalized spacial score (nSPS) is 17.0. The number of anilines is 1. The summed E-state index contributed by atoms with van der Waals surface area (Å²) in [5, 5.41) is 30.2. The lowest BCUT2D eigenvalue weighted by Crippen LogP contribution is -2.43. The molecule has 3 heterocycles. The lowest BCUT2D eigenvalue weighted by atomic mass is 9.65.